The zero-order valence-electron chi connectivity index (χ0n) is 19.8. The molecule has 0 saturated carbocycles. The molecule has 0 atom stereocenters. The van der Waals surface area contributed by atoms with Crippen LogP contribution in [0.5, 0.6) is 0 Å². The van der Waals surface area contributed by atoms with E-state index < -0.39 is 0 Å². The fourth-order valence-electron chi connectivity index (χ4n) is 4.37. The Bertz CT molecular complexity index is 1060. The molecule has 0 aromatic heterocycles. The maximum Gasteiger partial charge on any atom is -0.0172 e. The summed E-state index contributed by atoms with van der Waals surface area (Å²) < 4.78 is 0. The lowest BCUT2D eigenvalue weighted by molar-refractivity contribution is 0.647. The Morgan fingerprint density at radius 3 is 1.09 bits per heavy atom. The molecule has 0 nitrogen and oxygen atoms in total. The molecule has 32 heavy (non-hydrogen) atoms. The summed E-state index contributed by atoms with van der Waals surface area (Å²) in [4.78, 5) is 0. The summed E-state index contributed by atoms with van der Waals surface area (Å²) in [6, 6.07) is 35.9. The molecule has 0 aliphatic rings. The van der Waals surface area contributed by atoms with Crippen LogP contribution in [0.2, 0.25) is 0 Å². The van der Waals surface area contributed by atoms with Crippen molar-refractivity contribution in [1.29, 1.82) is 0 Å². The fourth-order valence-corrected chi connectivity index (χ4v) is 4.37. The van der Waals surface area contributed by atoms with Crippen LogP contribution in [-0.2, 0) is 12.8 Å². The van der Waals surface area contributed by atoms with Crippen LogP contribution < -0.4 is 0 Å². The Balaban J connectivity index is 1.75. The van der Waals surface area contributed by atoms with Crippen molar-refractivity contribution in [2.75, 3.05) is 0 Å². The molecule has 4 rings (SSSR count). The van der Waals surface area contributed by atoms with Crippen LogP contribution in [0.15, 0.2) is 97.1 Å². The highest BCUT2D eigenvalue weighted by Gasteiger charge is 2.08. The van der Waals surface area contributed by atoms with Gasteiger partial charge in [0.2, 0.25) is 0 Å². The van der Waals surface area contributed by atoms with Crippen LogP contribution in [0.1, 0.15) is 38.8 Å². The first kappa shape index (κ1) is 22.1. The minimum atomic E-state index is 0.674. The van der Waals surface area contributed by atoms with Crippen molar-refractivity contribution in [3.8, 4) is 33.4 Å². The molecule has 0 saturated heterocycles. The smallest absolute Gasteiger partial charge is 0.0172 e. The summed E-state index contributed by atoms with van der Waals surface area (Å²) in [5, 5.41) is 0. The van der Waals surface area contributed by atoms with Crippen molar-refractivity contribution in [1.82, 2.24) is 0 Å². The maximum atomic E-state index is 2.33. The average Bonchev–Trinajstić information content (AvgIpc) is 2.79. The van der Waals surface area contributed by atoms with Gasteiger partial charge in [-0.3, -0.25) is 0 Å². The van der Waals surface area contributed by atoms with Gasteiger partial charge in [0, 0.05) is 0 Å². The highest BCUT2D eigenvalue weighted by molar-refractivity contribution is 5.81. The summed E-state index contributed by atoms with van der Waals surface area (Å²) in [5.74, 6) is 1.35. The molecule has 0 bridgehead atoms. The molecular weight excluding hydrogens is 384 g/mol. The standard InChI is InChI=1S/C32H34/c1-23(2)18-25-10-14-28(15-11-25)31-20-30(27-8-6-5-7-9-27)21-32(22-31)29-16-12-26(13-17-29)19-24(3)4/h5-17,20-24H,18-19H2,1-4H3. The van der Waals surface area contributed by atoms with Crippen LogP contribution in [0, 0.1) is 11.8 Å². The van der Waals surface area contributed by atoms with Crippen LogP contribution >= 0.6 is 0 Å². The van der Waals surface area contributed by atoms with Gasteiger partial charge in [0.25, 0.3) is 0 Å². The van der Waals surface area contributed by atoms with E-state index in [1.165, 1.54) is 44.5 Å². The molecule has 0 unspecified atom stereocenters. The first-order chi connectivity index (χ1) is 15.5. The maximum absolute atomic E-state index is 2.33. The molecule has 0 amide bonds. The molecular formula is C32H34. The van der Waals surface area contributed by atoms with Crippen molar-refractivity contribution >= 4 is 0 Å². The third-order valence-electron chi connectivity index (χ3n) is 5.90. The zero-order chi connectivity index (χ0) is 22.5. The summed E-state index contributed by atoms with van der Waals surface area (Å²) in [7, 11) is 0. The third-order valence-corrected chi connectivity index (χ3v) is 5.90. The molecule has 0 heteroatoms. The first-order valence-electron chi connectivity index (χ1n) is 11.9. The van der Waals surface area contributed by atoms with Gasteiger partial charge in [-0.2, -0.15) is 0 Å². The lowest BCUT2D eigenvalue weighted by Gasteiger charge is -2.13. The molecule has 0 aliphatic heterocycles. The Hall–Kier alpha value is -3.12. The second-order valence-electron chi connectivity index (χ2n) is 9.75. The van der Waals surface area contributed by atoms with E-state index in [1.807, 2.05) is 0 Å². The number of benzene rings is 4. The molecule has 0 fully saturated rings. The largest absolute Gasteiger partial charge is 0.0625 e. The monoisotopic (exact) mass is 418 g/mol. The summed E-state index contributed by atoms with van der Waals surface area (Å²) in [5.41, 5.74) is 10.4. The Morgan fingerprint density at radius 2 is 0.750 bits per heavy atom. The third kappa shape index (κ3) is 5.56. The van der Waals surface area contributed by atoms with Crippen molar-refractivity contribution in [2.24, 2.45) is 11.8 Å². The van der Waals surface area contributed by atoms with Crippen molar-refractivity contribution in [3.63, 3.8) is 0 Å². The van der Waals surface area contributed by atoms with Gasteiger partial charge < -0.3 is 0 Å². The van der Waals surface area contributed by atoms with Crippen LogP contribution in [0.3, 0.4) is 0 Å². The minimum absolute atomic E-state index is 0.674. The van der Waals surface area contributed by atoms with Gasteiger partial charge in [0.05, 0.1) is 0 Å². The van der Waals surface area contributed by atoms with E-state index in [0.29, 0.717) is 11.8 Å². The molecule has 0 aliphatic carbocycles. The summed E-state index contributed by atoms with van der Waals surface area (Å²) in [6.07, 6.45) is 2.25. The number of rotatable bonds is 7. The Labute approximate surface area is 194 Å². The molecule has 162 valence electrons. The first-order valence-corrected chi connectivity index (χ1v) is 11.9. The molecule has 0 N–H and O–H groups in total. The lowest BCUT2D eigenvalue weighted by Crippen LogP contribution is -1.94. The number of hydrogen-bond acceptors (Lipinski definition) is 0. The topological polar surface area (TPSA) is 0 Å². The molecule has 4 aromatic carbocycles. The van der Waals surface area contributed by atoms with E-state index in [-0.39, 0.29) is 0 Å². The van der Waals surface area contributed by atoms with Crippen LogP contribution in [0.25, 0.3) is 33.4 Å². The SMILES string of the molecule is CC(C)Cc1ccc(-c2cc(-c3ccccc3)cc(-c3ccc(CC(C)C)cc3)c2)cc1. The normalized spacial score (nSPS) is 11.3. The Kier molecular flexibility index (Phi) is 6.90. The van der Waals surface area contributed by atoms with Crippen LogP contribution in [0.4, 0.5) is 0 Å². The highest BCUT2D eigenvalue weighted by Crippen LogP contribution is 2.33. The van der Waals surface area contributed by atoms with Gasteiger partial charge in [0.15, 0.2) is 0 Å². The summed E-state index contributed by atoms with van der Waals surface area (Å²) in [6.45, 7) is 9.10. The predicted octanol–water partition coefficient (Wildman–Crippen LogP) is 9.08. The predicted molar refractivity (Wildman–Crippen MR) is 140 cm³/mol. The van der Waals surface area contributed by atoms with Gasteiger partial charge in [-0.25, -0.2) is 0 Å². The minimum Gasteiger partial charge on any atom is -0.0625 e. The fraction of sp³-hybridized carbons (Fsp3) is 0.250. The Morgan fingerprint density at radius 1 is 0.406 bits per heavy atom. The molecule has 4 aromatic rings. The van der Waals surface area contributed by atoms with Crippen molar-refractivity contribution in [3.05, 3.63) is 108 Å². The van der Waals surface area contributed by atoms with E-state index in [2.05, 4.69) is 125 Å². The molecule has 0 heterocycles. The molecule has 0 radical (unpaired) electrons. The van der Waals surface area contributed by atoms with Gasteiger partial charge >= 0.3 is 0 Å². The summed E-state index contributed by atoms with van der Waals surface area (Å²) >= 11 is 0. The lowest BCUT2D eigenvalue weighted by atomic mass is 9.92. The quantitative estimate of drug-likeness (QED) is 0.281. The van der Waals surface area contributed by atoms with E-state index in [9.17, 15) is 0 Å². The second kappa shape index (κ2) is 10.0. The van der Waals surface area contributed by atoms with E-state index >= 15 is 0 Å². The van der Waals surface area contributed by atoms with Gasteiger partial charge in [-0.05, 0) is 87.4 Å². The molecule has 0 spiro atoms. The van der Waals surface area contributed by atoms with E-state index in [4.69, 9.17) is 0 Å². The zero-order valence-corrected chi connectivity index (χ0v) is 19.8. The van der Waals surface area contributed by atoms with Crippen molar-refractivity contribution < 1.29 is 0 Å². The highest BCUT2D eigenvalue weighted by atomic mass is 14.1. The van der Waals surface area contributed by atoms with Gasteiger partial charge in [0.1, 0.15) is 0 Å². The van der Waals surface area contributed by atoms with Gasteiger partial charge in [-0.1, -0.05) is 107 Å². The van der Waals surface area contributed by atoms with Gasteiger partial charge in [-0.15, -0.1) is 0 Å². The van der Waals surface area contributed by atoms with Crippen LogP contribution in [-0.4, -0.2) is 0 Å². The van der Waals surface area contributed by atoms with E-state index in [0.717, 1.165) is 12.8 Å². The second-order valence-corrected chi connectivity index (χ2v) is 9.75. The van der Waals surface area contributed by atoms with E-state index in [1.54, 1.807) is 0 Å². The van der Waals surface area contributed by atoms with Crippen molar-refractivity contribution in [2.45, 2.75) is 40.5 Å². The number of hydrogen-bond donors (Lipinski definition) is 0. The average molecular weight is 419 g/mol.